The van der Waals surface area contributed by atoms with Gasteiger partial charge in [0, 0.05) is 19.5 Å². The summed E-state index contributed by atoms with van der Waals surface area (Å²) in [5.74, 6) is -0.830. The number of hydrogen-bond acceptors (Lipinski definition) is 4. The van der Waals surface area contributed by atoms with Crippen molar-refractivity contribution in [3.05, 3.63) is 24.3 Å². The molecule has 0 radical (unpaired) electrons. The fourth-order valence-corrected chi connectivity index (χ4v) is 2.78. The van der Waals surface area contributed by atoms with Crippen LogP contribution in [0.25, 0.3) is 0 Å². The van der Waals surface area contributed by atoms with Crippen LogP contribution in [0.2, 0.25) is 0 Å². The third kappa shape index (κ3) is 13.3. The van der Waals surface area contributed by atoms with Crippen LogP contribution >= 0.6 is 0 Å². The van der Waals surface area contributed by atoms with Crippen LogP contribution in [0.3, 0.4) is 0 Å². The van der Waals surface area contributed by atoms with Crippen molar-refractivity contribution in [1.29, 1.82) is 0 Å². The number of carbonyl (C=O) groups is 1. The molecule has 2 N–H and O–H groups in total. The van der Waals surface area contributed by atoms with Crippen molar-refractivity contribution in [1.82, 2.24) is 4.31 Å². The molecule has 6 nitrogen and oxygen atoms in total. The maximum Gasteiger partial charge on any atom is 0.303 e. The van der Waals surface area contributed by atoms with Crippen LogP contribution in [-0.2, 0) is 14.8 Å². The minimum Gasteiger partial charge on any atom is -0.481 e. The van der Waals surface area contributed by atoms with E-state index in [9.17, 15) is 18.3 Å². The molecule has 0 rings (SSSR count). The van der Waals surface area contributed by atoms with Crippen molar-refractivity contribution in [3.8, 4) is 0 Å². The summed E-state index contributed by atoms with van der Waals surface area (Å²) in [6.45, 7) is 2.55. The van der Waals surface area contributed by atoms with E-state index in [2.05, 4.69) is 6.92 Å². The fourth-order valence-electron chi connectivity index (χ4n) is 2.06. The number of nitrogens with zero attached hydrogens (tertiary/aromatic N) is 1. The molecule has 0 saturated carbocycles. The lowest BCUT2D eigenvalue weighted by atomic mass is 10.1. The van der Waals surface area contributed by atoms with Gasteiger partial charge < -0.3 is 10.2 Å². The second-order valence-electron chi connectivity index (χ2n) is 5.83. The first-order chi connectivity index (χ1) is 11.3. The molecule has 0 fully saturated rings. The normalized spacial score (nSPS) is 14.0. The number of allylic oxidation sites excluding steroid dienone is 1. The zero-order valence-electron chi connectivity index (χ0n) is 14.7. The molecule has 0 aliphatic heterocycles. The van der Waals surface area contributed by atoms with Crippen molar-refractivity contribution in [2.45, 2.75) is 58.0 Å². The standard InChI is InChI=1S/C17H31NO5S/c1-3-4-7-11-16(19)12-10-15-18(24(2,22)23)14-9-6-5-8-13-17(20)21/h6,9-10,12,16,19H,3-5,7-8,11,13-15H2,1-2H3,(H,20,21)/b9-6-,12-10+. The lowest BCUT2D eigenvalue weighted by Gasteiger charge is -2.16. The van der Waals surface area contributed by atoms with Gasteiger partial charge in [-0.2, -0.15) is 4.31 Å². The van der Waals surface area contributed by atoms with Crippen molar-refractivity contribution < 1.29 is 23.4 Å². The Labute approximate surface area is 145 Å². The predicted octanol–water partition coefficient (Wildman–Crippen LogP) is 2.56. The minimum atomic E-state index is -3.33. The number of carboxylic acid groups (broad SMARTS) is 1. The number of carboxylic acids is 1. The first-order valence-electron chi connectivity index (χ1n) is 8.44. The first-order valence-corrected chi connectivity index (χ1v) is 10.3. The van der Waals surface area contributed by atoms with E-state index in [4.69, 9.17) is 5.11 Å². The molecule has 7 heteroatoms. The molecule has 140 valence electrons. The highest BCUT2D eigenvalue weighted by molar-refractivity contribution is 7.88. The van der Waals surface area contributed by atoms with Crippen LogP contribution in [0.5, 0.6) is 0 Å². The first kappa shape index (κ1) is 22.8. The van der Waals surface area contributed by atoms with Gasteiger partial charge in [-0.15, -0.1) is 0 Å². The second-order valence-corrected chi connectivity index (χ2v) is 7.81. The highest BCUT2D eigenvalue weighted by atomic mass is 32.2. The average Bonchev–Trinajstić information content (AvgIpc) is 2.47. The topological polar surface area (TPSA) is 94.9 Å². The molecule has 0 bridgehead atoms. The van der Waals surface area contributed by atoms with Gasteiger partial charge in [0.25, 0.3) is 0 Å². The Morgan fingerprint density at radius 1 is 1.12 bits per heavy atom. The summed E-state index contributed by atoms with van der Waals surface area (Å²) < 4.78 is 24.8. The molecule has 0 saturated heterocycles. The SMILES string of the molecule is CCCCCC(O)/C=C/CN(C/C=C\CCCC(=O)O)S(C)(=O)=O. The predicted molar refractivity (Wildman–Crippen MR) is 96.3 cm³/mol. The van der Waals surface area contributed by atoms with Crippen LogP contribution in [0.1, 0.15) is 51.9 Å². The molecular formula is C17H31NO5S. The second kappa shape index (κ2) is 13.1. The fraction of sp³-hybridized carbons (Fsp3) is 0.706. The van der Waals surface area contributed by atoms with Gasteiger partial charge in [-0.05, 0) is 19.3 Å². The summed E-state index contributed by atoms with van der Waals surface area (Å²) in [6, 6.07) is 0. The van der Waals surface area contributed by atoms with E-state index >= 15 is 0 Å². The summed E-state index contributed by atoms with van der Waals surface area (Å²) in [4.78, 5) is 10.4. The zero-order chi connectivity index (χ0) is 18.4. The Balaban J connectivity index is 4.28. The highest BCUT2D eigenvalue weighted by Crippen LogP contribution is 2.05. The number of aliphatic hydroxyl groups is 1. The monoisotopic (exact) mass is 361 g/mol. The van der Waals surface area contributed by atoms with E-state index < -0.39 is 22.1 Å². The van der Waals surface area contributed by atoms with Gasteiger partial charge in [0.2, 0.25) is 10.0 Å². The van der Waals surface area contributed by atoms with Crippen LogP contribution in [-0.4, -0.2) is 54.4 Å². The molecule has 0 aliphatic carbocycles. The quantitative estimate of drug-likeness (QED) is 0.366. The van der Waals surface area contributed by atoms with E-state index in [-0.39, 0.29) is 19.5 Å². The van der Waals surface area contributed by atoms with E-state index in [0.717, 1.165) is 25.5 Å². The maximum absolute atomic E-state index is 11.7. The molecule has 1 atom stereocenters. The van der Waals surface area contributed by atoms with Crippen molar-refractivity contribution in [2.24, 2.45) is 0 Å². The van der Waals surface area contributed by atoms with Gasteiger partial charge in [0.1, 0.15) is 0 Å². The zero-order valence-corrected chi connectivity index (χ0v) is 15.5. The van der Waals surface area contributed by atoms with Gasteiger partial charge in [0.05, 0.1) is 12.4 Å². The minimum absolute atomic E-state index is 0.110. The third-order valence-corrected chi connectivity index (χ3v) is 4.71. The smallest absolute Gasteiger partial charge is 0.303 e. The van der Waals surface area contributed by atoms with Crippen LogP contribution < -0.4 is 0 Å². The number of sulfonamides is 1. The highest BCUT2D eigenvalue weighted by Gasteiger charge is 2.13. The Morgan fingerprint density at radius 2 is 1.79 bits per heavy atom. The van der Waals surface area contributed by atoms with Gasteiger partial charge in [0.15, 0.2) is 0 Å². The number of rotatable bonds is 14. The Hall–Kier alpha value is -1.18. The van der Waals surface area contributed by atoms with Crippen molar-refractivity contribution >= 4 is 16.0 Å². The number of aliphatic carboxylic acids is 1. The van der Waals surface area contributed by atoms with E-state index in [1.807, 2.05) is 0 Å². The van der Waals surface area contributed by atoms with Crippen molar-refractivity contribution in [2.75, 3.05) is 19.3 Å². The van der Waals surface area contributed by atoms with Crippen LogP contribution in [0.4, 0.5) is 0 Å². The largest absolute Gasteiger partial charge is 0.481 e. The molecule has 0 aliphatic rings. The molecular weight excluding hydrogens is 330 g/mol. The summed E-state index contributed by atoms with van der Waals surface area (Å²) >= 11 is 0. The third-order valence-electron chi connectivity index (χ3n) is 3.48. The molecule has 1 unspecified atom stereocenters. The Bertz CT molecular complexity index is 499. The molecule has 0 aromatic carbocycles. The van der Waals surface area contributed by atoms with E-state index in [1.165, 1.54) is 4.31 Å². The lowest BCUT2D eigenvalue weighted by Crippen LogP contribution is -2.30. The number of aliphatic hydroxyl groups excluding tert-OH is 1. The molecule has 0 amide bonds. The van der Waals surface area contributed by atoms with Gasteiger partial charge in [-0.3, -0.25) is 4.79 Å². The Kier molecular flexibility index (Phi) is 12.5. The van der Waals surface area contributed by atoms with Gasteiger partial charge in [-0.25, -0.2) is 8.42 Å². The summed E-state index contributed by atoms with van der Waals surface area (Å²) in [6.07, 6.45) is 12.5. The van der Waals surface area contributed by atoms with E-state index in [0.29, 0.717) is 19.3 Å². The van der Waals surface area contributed by atoms with Gasteiger partial charge >= 0.3 is 5.97 Å². The lowest BCUT2D eigenvalue weighted by molar-refractivity contribution is -0.137. The molecule has 0 aromatic heterocycles. The van der Waals surface area contributed by atoms with Crippen LogP contribution in [0.15, 0.2) is 24.3 Å². The molecule has 0 heterocycles. The molecule has 24 heavy (non-hydrogen) atoms. The van der Waals surface area contributed by atoms with Crippen LogP contribution in [0, 0.1) is 0 Å². The molecule has 0 spiro atoms. The number of hydrogen-bond donors (Lipinski definition) is 2. The average molecular weight is 362 g/mol. The summed E-state index contributed by atoms with van der Waals surface area (Å²) in [5.41, 5.74) is 0. The summed E-state index contributed by atoms with van der Waals surface area (Å²) in [5, 5.41) is 18.3. The van der Waals surface area contributed by atoms with E-state index in [1.54, 1.807) is 24.3 Å². The number of unbranched alkanes of at least 4 members (excludes halogenated alkanes) is 3. The van der Waals surface area contributed by atoms with Gasteiger partial charge in [-0.1, -0.05) is 50.5 Å². The Morgan fingerprint density at radius 3 is 2.38 bits per heavy atom. The summed E-state index contributed by atoms with van der Waals surface area (Å²) in [7, 11) is -3.33. The molecule has 0 aromatic rings. The maximum atomic E-state index is 11.7. The van der Waals surface area contributed by atoms with Crippen molar-refractivity contribution in [3.63, 3.8) is 0 Å².